The van der Waals surface area contributed by atoms with Gasteiger partial charge in [-0.2, -0.15) is 0 Å². The zero-order valence-electron chi connectivity index (χ0n) is 9.35. The van der Waals surface area contributed by atoms with Crippen LogP contribution in [-0.2, 0) is 9.53 Å². The molecule has 0 saturated heterocycles. The maximum Gasteiger partial charge on any atom is 0.330 e. The summed E-state index contributed by atoms with van der Waals surface area (Å²) in [5, 5.41) is 29.6. The zero-order chi connectivity index (χ0) is 12.4. The van der Waals surface area contributed by atoms with Crippen molar-refractivity contribution in [1.29, 1.82) is 0 Å². The zero-order valence-corrected chi connectivity index (χ0v) is 9.35. The van der Waals surface area contributed by atoms with Crippen molar-refractivity contribution >= 4 is 5.97 Å². The first kappa shape index (κ1) is 15.0. The molecule has 0 spiro atoms. The fourth-order valence-electron chi connectivity index (χ4n) is 0.939. The molecular formula is C10H19NO5. The first-order valence-electron chi connectivity index (χ1n) is 5.05. The molecule has 6 nitrogen and oxygen atoms in total. The third-order valence-electron chi connectivity index (χ3n) is 2.04. The smallest absolute Gasteiger partial charge is 0.330 e. The Morgan fingerprint density at radius 2 is 1.88 bits per heavy atom. The van der Waals surface area contributed by atoms with Gasteiger partial charge in [0.1, 0.15) is 0 Å². The van der Waals surface area contributed by atoms with E-state index in [4.69, 9.17) is 15.3 Å². The van der Waals surface area contributed by atoms with Gasteiger partial charge in [-0.15, -0.1) is 0 Å². The molecule has 16 heavy (non-hydrogen) atoms. The van der Waals surface area contributed by atoms with Gasteiger partial charge in [-0.3, -0.25) is 0 Å². The predicted molar refractivity (Wildman–Crippen MR) is 57.8 cm³/mol. The molecule has 0 aromatic carbocycles. The minimum absolute atomic E-state index is 0.237. The minimum atomic E-state index is -1.13. The number of hydrogen-bond acceptors (Lipinski definition) is 6. The van der Waals surface area contributed by atoms with Gasteiger partial charge in [-0.05, 0) is 6.92 Å². The summed E-state index contributed by atoms with van der Waals surface area (Å²) >= 11 is 0. The van der Waals surface area contributed by atoms with Crippen molar-refractivity contribution in [3.63, 3.8) is 0 Å². The van der Waals surface area contributed by atoms with Crippen LogP contribution in [0.2, 0.25) is 0 Å². The molecule has 0 atom stereocenters. The second-order valence-corrected chi connectivity index (χ2v) is 3.29. The summed E-state index contributed by atoms with van der Waals surface area (Å²) in [5.41, 5.74) is -1.13. The summed E-state index contributed by atoms with van der Waals surface area (Å²) in [6.07, 6.45) is 2.74. The SMILES string of the molecule is CCOC(=O)/C=C/CNC(CO)(CO)CO. The third-order valence-corrected chi connectivity index (χ3v) is 2.04. The van der Waals surface area contributed by atoms with E-state index >= 15 is 0 Å². The van der Waals surface area contributed by atoms with Gasteiger partial charge in [-0.1, -0.05) is 6.08 Å². The van der Waals surface area contributed by atoms with Crippen molar-refractivity contribution < 1.29 is 24.9 Å². The van der Waals surface area contributed by atoms with Crippen LogP contribution < -0.4 is 5.32 Å². The Morgan fingerprint density at radius 1 is 1.31 bits per heavy atom. The lowest BCUT2D eigenvalue weighted by atomic mass is 10.0. The molecule has 0 fully saturated rings. The summed E-state index contributed by atoms with van der Waals surface area (Å²) in [7, 11) is 0. The lowest BCUT2D eigenvalue weighted by Gasteiger charge is -2.28. The molecule has 4 N–H and O–H groups in total. The van der Waals surface area contributed by atoms with Crippen molar-refractivity contribution in [2.24, 2.45) is 0 Å². The normalized spacial score (nSPS) is 12.0. The largest absolute Gasteiger partial charge is 0.463 e. The summed E-state index contributed by atoms with van der Waals surface area (Å²) in [4.78, 5) is 10.9. The van der Waals surface area contributed by atoms with Crippen molar-refractivity contribution in [2.45, 2.75) is 12.5 Å². The number of aliphatic hydroxyl groups is 3. The molecule has 6 heteroatoms. The minimum Gasteiger partial charge on any atom is -0.463 e. The van der Waals surface area contributed by atoms with Gasteiger partial charge in [0.15, 0.2) is 0 Å². The van der Waals surface area contributed by atoms with Crippen LogP contribution in [0.4, 0.5) is 0 Å². The Balaban J connectivity index is 3.99. The first-order chi connectivity index (χ1) is 7.64. The van der Waals surface area contributed by atoms with Gasteiger partial charge in [0, 0.05) is 12.6 Å². The van der Waals surface area contributed by atoms with Crippen LogP contribution in [0.15, 0.2) is 12.2 Å². The Labute approximate surface area is 94.5 Å². The van der Waals surface area contributed by atoms with E-state index in [1.54, 1.807) is 6.92 Å². The standard InChI is InChI=1S/C10H19NO5/c1-2-16-9(15)4-3-5-11-10(6-12,7-13)8-14/h3-4,11-14H,2,5-8H2,1H3/b4-3+. The number of carbonyl (C=O) groups excluding carboxylic acids is 1. The van der Waals surface area contributed by atoms with E-state index in [9.17, 15) is 4.79 Å². The van der Waals surface area contributed by atoms with Gasteiger partial charge in [-0.25, -0.2) is 4.79 Å². The highest BCUT2D eigenvalue weighted by atomic mass is 16.5. The fraction of sp³-hybridized carbons (Fsp3) is 0.700. The number of esters is 1. The average Bonchev–Trinajstić information content (AvgIpc) is 2.31. The van der Waals surface area contributed by atoms with Gasteiger partial charge in [0.2, 0.25) is 0 Å². The van der Waals surface area contributed by atoms with Crippen LogP contribution in [0.3, 0.4) is 0 Å². The first-order valence-corrected chi connectivity index (χ1v) is 5.05. The molecule has 0 unspecified atom stereocenters. The van der Waals surface area contributed by atoms with Crippen molar-refractivity contribution in [2.75, 3.05) is 33.0 Å². The molecule has 0 aromatic rings. The number of aliphatic hydroxyl groups excluding tert-OH is 3. The van der Waals surface area contributed by atoms with E-state index in [1.807, 2.05) is 0 Å². The van der Waals surface area contributed by atoms with Crippen LogP contribution in [0.5, 0.6) is 0 Å². The lowest BCUT2D eigenvalue weighted by molar-refractivity contribution is -0.137. The second-order valence-electron chi connectivity index (χ2n) is 3.29. The monoisotopic (exact) mass is 233 g/mol. The van der Waals surface area contributed by atoms with Crippen molar-refractivity contribution in [1.82, 2.24) is 5.32 Å². The number of carbonyl (C=O) groups is 1. The summed E-state index contributed by atoms with van der Waals surface area (Å²) in [5.74, 6) is -0.452. The van der Waals surface area contributed by atoms with Gasteiger partial charge in [0.25, 0.3) is 0 Å². The van der Waals surface area contributed by atoms with Crippen LogP contribution in [-0.4, -0.2) is 59.8 Å². The molecule has 0 heterocycles. The Hall–Kier alpha value is -0.950. The molecular weight excluding hydrogens is 214 g/mol. The van der Waals surface area contributed by atoms with E-state index < -0.39 is 31.3 Å². The molecule has 94 valence electrons. The number of rotatable bonds is 8. The molecule has 0 saturated carbocycles. The molecule has 0 aromatic heterocycles. The maximum absolute atomic E-state index is 10.9. The highest BCUT2D eigenvalue weighted by Gasteiger charge is 2.26. The van der Waals surface area contributed by atoms with Crippen LogP contribution >= 0.6 is 0 Å². The molecule has 0 radical (unpaired) electrons. The van der Waals surface area contributed by atoms with E-state index in [1.165, 1.54) is 12.2 Å². The second kappa shape index (κ2) is 8.23. The third kappa shape index (κ3) is 5.22. The maximum atomic E-state index is 10.9. The molecule has 0 aliphatic rings. The van der Waals surface area contributed by atoms with Crippen molar-refractivity contribution in [3.8, 4) is 0 Å². The van der Waals surface area contributed by atoms with Crippen LogP contribution in [0.25, 0.3) is 0 Å². The number of nitrogens with one attached hydrogen (secondary N) is 1. The molecule has 0 aliphatic heterocycles. The molecule has 0 bridgehead atoms. The van der Waals surface area contributed by atoms with Gasteiger partial charge < -0.3 is 25.4 Å². The highest BCUT2D eigenvalue weighted by Crippen LogP contribution is 2.00. The Bertz CT molecular complexity index is 217. The Kier molecular flexibility index (Phi) is 7.74. The van der Waals surface area contributed by atoms with Gasteiger partial charge >= 0.3 is 5.97 Å². The molecule has 0 aliphatic carbocycles. The molecule has 0 amide bonds. The van der Waals surface area contributed by atoms with Crippen LogP contribution in [0.1, 0.15) is 6.92 Å². The quantitative estimate of drug-likeness (QED) is 0.298. The summed E-state index contributed by atoms with van der Waals surface area (Å²) in [6, 6.07) is 0. The van der Waals surface area contributed by atoms with Gasteiger partial charge in [0.05, 0.1) is 32.0 Å². The van der Waals surface area contributed by atoms with E-state index in [0.717, 1.165) is 0 Å². The summed E-state index contributed by atoms with van der Waals surface area (Å²) in [6.45, 7) is 1.07. The van der Waals surface area contributed by atoms with E-state index in [2.05, 4.69) is 10.1 Å². The topological polar surface area (TPSA) is 99.0 Å². The lowest BCUT2D eigenvalue weighted by Crippen LogP contribution is -2.54. The Morgan fingerprint density at radius 3 is 2.31 bits per heavy atom. The van der Waals surface area contributed by atoms with Crippen LogP contribution in [0, 0.1) is 0 Å². The number of hydrogen-bond donors (Lipinski definition) is 4. The summed E-state index contributed by atoms with van der Waals surface area (Å²) < 4.78 is 4.65. The molecule has 0 rings (SSSR count). The average molecular weight is 233 g/mol. The van der Waals surface area contributed by atoms with E-state index in [0.29, 0.717) is 6.61 Å². The predicted octanol–water partition coefficient (Wildman–Crippen LogP) is -1.59. The number of ether oxygens (including phenoxy) is 1. The van der Waals surface area contributed by atoms with E-state index in [-0.39, 0.29) is 6.54 Å². The van der Waals surface area contributed by atoms with Crippen molar-refractivity contribution in [3.05, 3.63) is 12.2 Å². The fourth-order valence-corrected chi connectivity index (χ4v) is 0.939. The highest BCUT2D eigenvalue weighted by molar-refractivity contribution is 5.81.